The van der Waals surface area contributed by atoms with E-state index in [1.54, 1.807) is 6.07 Å². The van der Waals surface area contributed by atoms with E-state index < -0.39 is 49.2 Å². The van der Waals surface area contributed by atoms with Crippen LogP contribution in [0.5, 0.6) is 0 Å². The molecule has 1 nitrogen and oxygen atoms in total. The van der Waals surface area contributed by atoms with Gasteiger partial charge >= 0.3 is 248 Å². The molecule has 0 N–H and O–H groups in total. The Kier molecular flexibility index (Phi) is 7.11. The molecule has 0 bridgehead atoms. The number of alkyl halides is 6. The summed E-state index contributed by atoms with van der Waals surface area (Å²) >= 11 is -3.78. The van der Waals surface area contributed by atoms with Gasteiger partial charge in [-0.3, -0.25) is 0 Å². The molecule has 2 aromatic carbocycles. The third kappa shape index (κ3) is 3.96. The molecule has 8 heteroatoms. The molecular weight excluding hydrogens is 653 g/mol. The van der Waals surface area contributed by atoms with Crippen molar-refractivity contribution in [3.05, 3.63) is 65.3 Å². The third-order valence-electron chi connectivity index (χ3n) is 10.6. The van der Waals surface area contributed by atoms with E-state index in [1.165, 1.54) is 12.1 Å². The summed E-state index contributed by atoms with van der Waals surface area (Å²) in [5.41, 5.74) is -2.19. The Morgan fingerprint density at radius 2 is 1.20 bits per heavy atom. The summed E-state index contributed by atoms with van der Waals surface area (Å²) in [7, 11) is 0. The zero-order chi connectivity index (χ0) is 30.6. The fourth-order valence-electron chi connectivity index (χ4n) is 8.54. The number of hydrogen-bond donors (Lipinski definition) is 0. The number of fused-ring (bicyclic) bond motifs is 3. The number of hydrogen-bond acceptors (Lipinski definition) is 1. The van der Waals surface area contributed by atoms with Crippen LogP contribution in [0.1, 0.15) is 122 Å². The molecule has 0 saturated heterocycles. The van der Waals surface area contributed by atoms with Crippen LogP contribution in [0.4, 0.5) is 26.3 Å². The Labute approximate surface area is 247 Å². The van der Waals surface area contributed by atoms with Crippen molar-refractivity contribution in [3.8, 4) is 0 Å². The normalized spacial score (nSPS) is 23.8. The molecule has 3 aliphatic rings. The van der Waals surface area contributed by atoms with Crippen LogP contribution in [0.3, 0.4) is 0 Å². The van der Waals surface area contributed by atoms with Gasteiger partial charge in [-0.25, -0.2) is 0 Å². The van der Waals surface area contributed by atoms with E-state index in [1.807, 2.05) is 0 Å². The molecule has 5 rings (SSSR count). The first-order valence-corrected chi connectivity index (χ1v) is 17.7. The van der Waals surface area contributed by atoms with Crippen LogP contribution in [-0.2, 0) is 30.3 Å². The fraction of sp³-hybridized carbons (Fsp3) is 0.636. The second kappa shape index (κ2) is 9.35. The van der Waals surface area contributed by atoms with Crippen molar-refractivity contribution in [2.24, 2.45) is 0 Å². The van der Waals surface area contributed by atoms with Gasteiger partial charge in [0.15, 0.2) is 0 Å². The van der Waals surface area contributed by atoms with Crippen molar-refractivity contribution in [1.82, 2.24) is 0 Å². The fourth-order valence-corrected chi connectivity index (χ4v) is 15.5. The summed E-state index contributed by atoms with van der Waals surface area (Å²) < 4.78 is 95.4. The average molecular weight is 695 g/mol. The van der Waals surface area contributed by atoms with E-state index in [9.17, 15) is 26.3 Å². The van der Waals surface area contributed by atoms with Crippen molar-refractivity contribution in [2.75, 3.05) is 0 Å². The molecule has 1 aliphatic heterocycles. The van der Waals surface area contributed by atoms with Crippen LogP contribution in [-0.4, -0.2) is 12.4 Å². The predicted octanol–water partition coefficient (Wildman–Crippen LogP) is 11.0. The summed E-state index contributed by atoms with van der Waals surface area (Å²) in [6.07, 6.45) is -6.49. The van der Waals surface area contributed by atoms with Gasteiger partial charge in [0.25, 0.3) is 0 Å². The molecule has 0 atom stereocenters. The molecule has 0 fully saturated rings. The predicted molar refractivity (Wildman–Crippen MR) is 159 cm³/mol. The second-order valence-corrected chi connectivity index (χ2v) is 17.7. The first-order chi connectivity index (χ1) is 18.8. The van der Waals surface area contributed by atoms with Gasteiger partial charge in [0.1, 0.15) is 0 Å². The monoisotopic (exact) mass is 694 g/mol. The molecule has 0 radical (unpaired) electrons. The summed E-state index contributed by atoms with van der Waals surface area (Å²) in [4.78, 5) is 0. The molecule has 0 saturated carbocycles. The van der Waals surface area contributed by atoms with E-state index in [-0.39, 0.29) is 19.8 Å². The third-order valence-corrected chi connectivity index (χ3v) is 15.8. The Morgan fingerprint density at radius 3 is 1.71 bits per heavy atom. The van der Waals surface area contributed by atoms with E-state index in [0.717, 1.165) is 66.8 Å². The van der Waals surface area contributed by atoms with Crippen LogP contribution in [0.25, 0.3) is 0 Å². The first-order valence-electron chi connectivity index (χ1n) is 14.7. The van der Waals surface area contributed by atoms with Crippen LogP contribution in [0, 0.1) is 7.14 Å². The Hall–Kier alpha value is -1.29. The van der Waals surface area contributed by atoms with Crippen LogP contribution < -0.4 is 0 Å². The van der Waals surface area contributed by atoms with Crippen molar-refractivity contribution < 1.29 is 29.4 Å². The molecule has 41 heavy (non-hydrogen) atoms. The molecule has 2 aromatic rings. The minimum absolute atomic E-state index is 0.119. The zero-order valence-corrected chi connectivity index (χ0v) is 27.3. The standard InChI is InChI=1S/C33H41F6IO/c1-9-29(10-2)19-28(7,8)24-22(29)17-21-25(30(11-3,12-4)18-27(21,5)6)26(24)40-23-16-14-13-15-20(23)31(41-40,32(34,35)36)33(37,38)39/h13-17H,9-12,18-19H2,1-8H3. The molecule has 0 amide bonds. The van der Waals surface area contributed by atoms with Gasteiger partial charge in [-0.05, 0) is 0 Å². The molecule has 0 aromatic heterocycles. The molecule has 1 heterocycles. The quantitative estimate of drug-likeness (QED) is 0.224. The maximum absolute atomic E-state index is 14.8. The molecule has 0 spiro atoms. The zero-order valence-electron chi connectivity index (χ0n) is 25.2. The summed E-state index contributed by atoms with van der Waals surface area (Å²) in [5, 5.41) is 0. The van der Waals surface area contributed by atoms with Gasteiger partial charge in [-0.2, -0.15) is 0 Å². The van der Waals surface area contributed by atoms with Crippen molar-refractivity contribution in [2.45, 2.75) is 134 Å². The van der Waals surface area contributed by atoms with Crippen molar-refractivity contribution in [1.29, 1.82) is 0 Å². The topological polar surface area (TPSA) is 9.23 Å². The van der Waals surface area contributed by atoms with Crippen LogP contribution >= 0.6 is 20.2 Å². The number of halogens is 7. The summed E-state index contributed by atoms with van der Waals surface area (Å²) in [6, 6.07) is 7.59. The maximum atomic E-state index is 14.8. The Bertz CT molecular complexity index is 1350. The van der Waals surface area contributed by atoms with Crippen molar-refractivity contribution >= 4 is 20.2 Å². The second-order valence-electron chi connectivity index (χ2n) is 13.6. The SMILES string of the molecule is CCC1(CC)CC(C)(C)c2c1cc1c(c2I2OC(C(F)(F)F)(C(F)(F)F)c3ccccc32)C(CC)(CC)CC1(C)C. The minimum atomic E-state index is -5.66. The van der Waals surface area contributed by atoms with E-state index >= 15 is 0 Å². The van der Waals surface area contributed by atoms with Gasteiger partial charge in [0.05, 0.1) is 0 Å². The molecular formula is C33H41F6IO. The average Bonchev–Trinajstić information content (AvgIpc) is 3.45. The van der Waals surface area contributed by atoms with Crippen molar-refractivity contribution in [3.63, 3.8) is 0 Å². The molecule has 2 aliphatic carbocycles. The Morgan fingerprint density at radius 1 is 0.683 bits per heavy atom. The molecule has 0 unspecified atom stereocenters. The van der Waals surface area contributed by atoms with E-state index in [0.29, 0.717) is 3.57 Å². The van der Waals surface area contributed by atoms with E-state index in [4.69, 9.17) is 3.07 Å². The van der Waals surface area contributed by atoms with Crippen LogP contribution in [0.2, 0.25) is 0 Å². The Balaban J connectivity index is 1.98. The van der Waals surface area contributed by atoms with Gasteiger partial charge < -0.3 is 0 Å². The van der Waals surface area contributed by atoms with Gasteiger partial charge in [0, 0.05) is 0 Å². The van der Waals surface area contributed by atoms with E-state index in [2.05, 4.69) is 61.5 Å². The summed E-state index contributed by atoms with van der Waals surface area (Å²) in [6.45, 7) is 17.1. The van der Waals surface area contributed by atoms with Gasteiger partial charge in [0.2, 0.25) is 0 Å². The summed E-state index contributed by atoms with van der Waals surface area (Å²) in [5.74, 6) is 0. The van der Waals surface area contributed by atoms with Gasteiger partial charge in [-0.1, -0.05) is 0 Å². The number of rotatable bonds is 5. The molecule has 228 valence electrons. The number of benzene rings is 2. The van der Waals surface area contributed by atoms with Gasteiger partial charge in [-0.15, -0.1) is 0 Å². The van der Waals surface area contributed by atoms with Crippen LogP contribution in [0.15, 0.2) is 30.3 Å². The first kappa shape index (κ1) is 31.1.